The molecule has 0 heterocycles. The summed E-state index contributed by atoms with van der Waals surface area (Å²) in [5.41, 5.74) is 10.7. The Labute approximate surface area is 55.2 Å². The fourth-order valence-corrected chi connectivity index (χ4v) is 0.571. The summed E-state index contributed by atoms with van der Waals surface area (Å²) in [7, 11) is 0. The Kier molecular flexibility index (Phi) is 3.73. The van der Waals surface area contributed by atoms with Gasteiger partial charge in [0.05, 0.1) is 11.0 Å². The van der Waals surface area contributed by atoms with Crippen LogP contribution in [0.25, 0.3) is 0 Å². The molecule has 0 amide bonds. The van der Waals surface area contributed by atoms with Crippen LogP contribution in [-0.4, -0.2) is 11.0 Å². The third kappa shape index (κ3) is 2.93. The molecule has 4 N–H and O–H groups in total. The number of hydrogen-bond acceptors (Lipinski definition) is 2. The van der Waals surface area contributed by atoms with Crippen molar-refractivity contribution in [2.75, 3.05) is 0 Å². The van der Waals surface area contributed by atoms with Crippen LogP contribution in [0.1, 0.15) is 19.8 Å². The van der Waals surface area contributed by atoms with E-state index in [0.29, 0.717) is 4.99 Å². The first-order chi connectivity index (χ1) is 3.68. The zero-order valence-corrected chi connectivity index (χ0v) is 5.87. The van der Waals surface area contributed by atoms with E-state index in [9.17, 15) is 0 Å². The Balaban J connectivity index is 3.32. The van der Waals surface area contributed by atoms with E-state index in [1.54, 1.807) is 0 Å². The highest BCUT2D eigenvalue weighted by Gasteiger charge is 2.00. The quantitative estimate of drug-likeness (QED) is 0.546. The van der Waals surface area contributed by atoms with Crippen molar-refractivity contribution in [3.05, 3.63) is 0 Å². The molecule has 0 aliphatic heterocycles. The van der Waals surface area contributed by atoms with E-state index in [0.717, 1.165) is 12.8 Å². The molecular formula is C5H12N2S. The van der Waals surface area contributed by atoms with Gasteiger partial charge in [-0.3, -0.25) is 0 Å². The molecule has 0 aromatic heterocycles. The molecule has 2 nitrogen and oxygen atoms in total. The number of hydrogen-bond donors (Lipinski definition) is 2. The Hall–Kier alpha value is -0.150. The van der Waals surface area contributed by atoms with Crippen molar-refractivity contribution in [3.8, 4) is 0 Å². The maximum Gasteiger partial charge on any atom is 0.0897 e. The van der Waals surface area contributed by atoms with E-state index in [1.165, 1.54) is 0 Å². The highest BCUT2D eigenvalue weighted by molar-refractivity contribution is 7.80. The van der Waals surface area contributed by atoms with Gasteiger partial charge in [-0.25, -0.2) is 0 Å². The minimum Gasteiger partial charge on any atom is -0.392 e. The maximum absolute atomic E-state index is 5.46. The highest BCUT2D eigenvalue weighted by atomic mass is 32.1. The van der Waals surface area contributed by atoms with Crippen LogP contribution in [0, 0.1) is 0 Å². The summed E-state index contributed by atoms with van der Waals surface area (Å²) in [5, 5.41) is 0. The molecule has 48 valence electrons. The average Bonchev–Trinajstić information content (AvgIpc) is 1.67. The fraction of sp³-hybridized carbons (Fsp3) is 0.800. The lowest BCUT2D eigenvalue weighted by Gasteiger charge is -2.05. The first-order valence-electron chi connectivity index (χ1n) is 2.73. The molecule has 0 rings (SSSR count). The maximum atomic E-state index is 5.46. The van der Waals surface area contributed by atoms with Crippen LogP contribution in [0.2, 0.25) is 0 Å². The molecule has 0 aliphatic carbocycles. The molecule has 0 bridgehead atoms. The van der Waals surface area contributed by atoms with E-state index in [4.69, 9.17) is 11.5 Å². The summed E-state index contributed by atoms with van der Waals surface area (Å²) < 4.78 is 0. The predicted molar refractivity (Wildman–Crippen MR) is 39.7 cm³/mol. The standard InChI is InChI=1S/C5H12N2S/c1-2-3-4(6)5(7)8/h4H,2-3,6H2,1H3,(H2,7,8). The van der Waals surface area contributed by atoms with E-state index < -0.39 is 0 Å². The van der Waals surface area contributed by atoms with Gasteiger partial charge >= 0.3 is 0 Å². The smallest absolute Gasteiger partial charge is 0.0897 e. The molecular weight excluding hydrogens is 120 g/mol. The topological polar surface area (TPSA) is 52.0 Å². The van der Waals surface area contributed by atoms with Gasteiger partial charge in [0.15, 0.2) is 0 Å². The van der Waals surface area contributed by atoms with Crippen molar-refractivity contribution < 1.29 is 0 Å². The van der Waals surface area contributed by atoms with Crippen molar-refractivity contribution in [2.24, 2.45) is 11.5 Å². The van der Waals surface area contributed by atoms with Crippen LogP contribution in [0.3, 0.4) is 0 Å². The van der Waals surface area contributed by atoms with Crippen LogP contribution in [0.15, 0.2) is 0 Å². The zero-order valence-electron chi connectivity index (χ0n) is 5.05. The molecule has 0 aliphatic rings. The Morgan fingerprint density at radius 1 is 1.75 bits per heavy atom. The van der Waals surface area contributed by atoms with Gasteiger partial charge < -0.3 is 11.5 Å². The van der Waals surface area contributed by atoms with Crippen LogP contribution in [0.4, 0.5) is 0 Å². The zero-order chi connectivity index (χ0) is 6.57. The van der Waals surface area contributed by atoms with Crippen LogP contribution in [-0.2, 0) is 0 Å². The second-order valence-electron chi connectivity index (χ2n) is 1.80. The summed E-state index contributed by atoms with van der Waals surface area (Å²) in [6.45, 7) is 2.05. The van der Waals surface area contributed by atoms with Crippen molar-refractivity contribution in [3.63, 3.8) is 0 Å². The Morgan fingerprint density at radius 2 is 2.25 bits per heavy atom. The molecule has 0 spiro atoms. The summed E-state index contributed by atoms with van der Waals surface area (Å²) in [5.74, 6) is 0. The number of thiocarbonyl (C=S) groups is 1. The Morgan fingerprint density at radius 3 is 2.38 bits per heavy atom. The van der Waals surface area contributed by atoms with Crippen LogP contribution >= 0.6 is 12.2 Å². The molecule has 0 fully saturated rings. The normalized spacial score (nSPS) is 13.2. The molecule has 1 unspecified atom stereocenters. The van der Waals surface area contributed by atoms with E-state index in [-0.39, 0.29) is 6.04 Å². The van der Waals surface area contributed by atoms with Crippen molar-refractivity contribution in [1.29, 1.82) is 0 Å². The third-order valence-corrected chi connectivity index (χ3v) is 1.27. The summed E-state index contributed by atoms with van der Waals surface area (Å²) in [6, 6.07) is -0.0741. The molecule has 0 saturated heterocycles. The lowest BCUT2D eigenvalue weighted by Crippen LogP contribution is -2.34. The first kappa shape index (κ1) is 7.85. The van der Waals surface area contributed by atoms with Gasteiger partial charge in [-0.2, -0.15) is 0 Å². The molecule has 0 radical (unpaired) electrons. The third-order valence-electron chi connectivity index (χ3n) is 0.965. The number of nitrogens with two attached hydrogens (primary N) is 2. The van der Waals surface area contributed by atoms with Gasteiger partial charge in [-0.15, -0.1) is 0 Å². The molecule has 3 heteroatoms. The minimum atomic E-state index is -0.0741. The number of rotatable bonds is 3. The largest absolute Gasteiger partial charge is 0.392 e. The summed E-state index contributed by atoms with van der Waals surface area (Å²) in [6.07, 6.45) is 1.94. The van der Waals surface area contributed by atoms with Crippen LogP contribution < -0.4 is 11.5 Å². The second kappa shape index (κ2) is 3.80. The van der Waals surface area contributed by atoms with Crippen LogP contribution in [0.5, 0.6) is 0 Å². The highest BCUT2D eigenvalue weighted by Crippen LogP contribution is 1.91. The van der Waals surface area contributed by atoms with Crippen molar-refractivity contribution in [2.45, 2.75) is 25.8 Å². The van der Waals surface area contributed by atoms with E-state index >= 15 is 0 Å². The molecule has 0 saturated carbocycles. The Bertz CT molecular complexity index is 82.5. The van der Waals surface area contributed by atoms with Crippen molar-refractivity contribution >= 4 is 17.2 Å². The predicted octanol–water partition coefficient (Wildman–Crippen LogP) is 0.400. The molecule has 1 atom stereocenters. The summed E-state index contributed by atoms with van der Waals surface area (Å²) in [4.78, 5) is 0.423. The van der Waals surface area contributed by atoms with Gasteiger partial charge in [0.25, 0.3) is 0 Å². The second-order valence-corrected chi connectivity index (χ2v) is 2.27. The molecule has 0 aromatic rings. The lowest BCUT2D eigenvalue weighted by molar-refractivity contribution is 0.733. The van der Waals surface area contributed by atoms with E-state index in [1.807, 2.05) is 0 Å². The van der Waals surface area contributed by atoms with Gasteiger partial charge in [0.2, 0.25) is 0 Å². The van der Waals surface area contributed by atoms with Gasteiger partial charge in [-0.1, -0.05) is 25.6 Å². The molecule has 8 heavy (non-hydrogen) atoms. The minimum absolute atomic E-state index is 0.0741. The fourth-order valence-electron chi connectivity index (χ4n) is 0.453. The SMILES string of the molecule is CCCC(N)C(N)=S. The summed E-state index contributed by atoms with van der Waals surface area (Å²) >= 11 is 4.64. The van der Waals surface area contributed by atoms with Gasteiger partial charge in [0.1, 0.15) is 0 Å². The van der Waals surface area contributed by atoms with Gasteiger partial charge in [0, 0.05) is 0 Å². The lowest BCUT2D eigenvalue weighted by atomic mass is 10.2. The average molecular weight is 132 g/mol. The monoisotopic (exact) mass is 132 g/mol. The van der Waals surface area contributed by atoms with E-state index in [2.05, 4.69) is 19.1 Å². The van der Waals surface area contributed by atoms with Crippen molar-refractivity contribution in [1.82, 2.24) is 0 Å². The molecule has 0 aromatic carbocycles. The first-order valence-corrected chi connectivity index (χ1v) is 3.14. The van der Waals surface area contributed by atoms with Gasteiger partial charge in [-0.05, 0) is 6.42 Å².